The van der Waals surface area contributed by atoms with Crippen LogP contribution >= 0.6 is 15.9 Å². The number of nitrogens with zero attached hydrogens (tertiary/aromatic N) is 1. The summed E-state index contributed by atoms with van der Waals surface area (Å²) in [5, 5.41) is 9.77. The SMILES string of the molecule is N#Cc1c(Br)[nH]c2ccccc12. The lowest BCUT2D eigenvalue weighted by atomic mass is 10.2. The predicted molar refractivity (Wildman–Crippen MR) is 50.7 cm³/mol. The van der Waals surface area contributed by atoms with Gasteiger partial charge in [-0.25, -0.2) is 0 Å². The summed E-state index contributed by atoms with van der Waals surface area (Å²) in [6.07, 6.45) is 0. The molecule has 0 bridgehead atoms. The number of hydrogen-bond donors (Lipinski definition) is 1. The lowest BCUT2D eigenvalue weighted by Gasteiger charge is -1.85. The quantitative estimate of drug-likeness (QED) is 0.729. The smallest absolute Gasteiger partial charge is 0.103 e. The Balaban J connectivity index is 2.93. The third kappa shape index (κ3) is 0.926. The van der Waals surface area contributed by atoms with E-state index in [0.29, 0.717) is 5.56 Å². The van der Waals surface area contributed by atoms with E-state index < -0.39 is 0 Å². The van der Waals surface area contributed by atoms with E-state index in [9.17, 15) is 0 Å². The predicted octanol–water partition coefficient (Wildman–Crippen LogP) is 2.80. The molecule has 0 unspecified atom stereocenters. The second-order valence-corrected chi connectivity index (χ2v) is 3.26. The van der Waals surface area contributed by atoms with Gasteiger partial charge in [0, 0.05) is 10.9 Å². The second kappa shape index (κ2) is 2.65. The molecule has 1 N–H and O–H groups in total. The summed E-state index contributed by atoms with van der Waals surface area (Å²) < 4.78 is 0.756. The first-order valence-electron chi connectivity index (χ1n) is 3.49. The minimum absolute atomic E-state index is 0.672. The van der Waals surface area contributed by atoms with Crippen molar-refractivity contribution in [1.29, 1.82) is 5.26 Å². The number of fused-ring (bicyclic) bond motifs is 1. The van der Waals surface area contributed by atoms with Gasteiger partial charge in [-0.1, -0.05) is 18.2 Å². The van der Waals surface area contributed by atoms with E-state index in [1.54, 1.807) is 0 Å². The molecule has 12 heavy (non-hydrogen) atoms. The molecule has 2 aromatic rings. The van der Waals surface area contributed by atoms with Crippen molar-refractivity contribution in [2.75, 3.05) is 0 Å². The van der Waals surface area contributed by atoms with Crippen LogP contribution in [0.15, 0.2) is 28.9 Å². The fourth-order valence-electron chi connectivity index (χ4n) is 1.22. The molecular weight excluding hydrogens is 216 g/mol. The Labute approximate surface area is 77.9 Å². The van der Waals surface area contributed by atoms with Crippen LogP contribution in [0.1, 0.15) is 5.56 Å². The molecule has 0 fully saturated rings. The third-order valence-electron chi connectivity index (χ3n) is 1.77. The van der Waals surface area contributed by atoms with Crippen molar-refractivity contribution in [3.63, 3.8) is 0 Å². The van der Waals surface area contributed by atoms with Crippen molar-refractivity contribution in [2.24, 2.45) is 0 Å². The number of nitrogens with one attached hydrogen (secondary N) is 1. The zero-order valence-corrected chi connectivity index (χ0v) is 7.72. The molecule has 0 radical (unpaired) electrons. The molecule has 2 rings (SSSR count). The maximum Gasteiger partial charge on any atom is 0.103 e. The first-order valence-corrected chi connectivity index (χ1v) is 4.28. The van der Waals surface area contributed by atoms with E-state index >= 15 is 0 Å². The van der Waals surface area contributed by atoms with Gasteiger partial charge in [-0.05, 0) is 22.0 Å². The number of rotatable bonds is 0. The highest BCUT2D eigenvalue weighted by Gasteiger charge is 2.06. The van der Waals surface area contributed by atoms with Gasteiger partial charge in [0.15, 0.2) is 0 Å². The van der Waals surface area contributed by atoms with Crippen LogP contribution in [0.2, 0.25) is 0 Å². The van der Waals surface area contributed by atoms with Gasteiger partial charge < -0.3 is 4.98 Å². The van der Waals surface area contributed by atoms with Gasteiger partial charge in [0.2, 0.25) is 0 Å². The Bertz CT molecular complexity index is 465. The van der Waals surface area contributed by atoms with E-state index in [2.05, 4.69) is 27.0 Å². The average molecular weight is 221 g/mol. The van der Waals surface area contributed by atoms with Crippen LogP contribution in [0.4, 0.5) is 0 Å². The summed E-state index contributed by atoms with van der Waals surface area (Å²) in [6.45, 7) is 0. The van der Waals surface area contributed by atoms with Crippen LogP contribution in [-0.2, 0) is 0 Å². The number of para-hydroxylation sites is 1. The molecule has 58 valence electrons. The van der Waals surface area contributed by atoms with Gasteiger partial charge in [-0.3, -0.25) is 0 Å². The van der Waals surface area contributed by atoms with Gasteiger partial charge in [-0.15, -0.1) is 0 Å². The summed E-state index contributed by atoms with van der Waals surface area (Å²) in [6, 6.07) is 9.87. The summed E-state index contributed by atoms with van der Waals surface area (Å²) in [5.41, 5.74) is 1.66. The molecule has 0 saturated heterocycles. The van der Waals surface area contributed by atoms with Crippen LogP contribution in [0, 0.1) is 11.3 Å². The number of aromatic nitrogens is 1. The topological polar surface area (TPSA) is 39.6 Å². The summed E-state index contributed by atoms with van der Waals surface area (Å²) >= 11 is 3.29. The van der Waals surface area contributed by atoms with E-state index in [1.165, 1.54) is 0 Å². The molecule has 2 nitrogen and oxygen atoms in total. The van der Waals surface area contributed by atoms with Crippen molar-refractivity contribution in [3.05, 3.63) is 34.4 Å². The highest BCUT2D eigenvalue weighted by molar-refractivity contribution is 9.10. The Morgan fingerprint density at radius 3 is 2.83 bits per heavy atom. The van der Waals surface area contributed by atoms with Crippen LogP contribution < -0.4 is 0 Å². The molecule has 3 heteroatoms. The zero-order valence-electron chi connectivity index (χ0n) is 6.13. The minimum Gasteiger partial charge on any atom is -0.348 e. The highest BCUT2D eigenvalue weighted by Crippen LogP contribution is 2.24. The molecule has 0 amide bonds. The van der Waals surface area contributed by atoms with E-state index in [1.807, 2.05) is 24.3 Å². The fourth-order valence-corrected chi connectivity index (χ4v) is 1.73. The number of nitriles is 1. The summed E-state index contributed by atoms with van der Waals surface area (Å²) in [4.78, 5) is 3.07. The maximum absolute atomic E-state index is 8.81. The largest absolute Gasteiger partial charge is 0.348 e. The van der Waals surface area contributed by atoms with Crippen molar-refractivity contribution in [1.82, 2.24) is 4.98 Å². The maximum atomic E-state index is 8.81. The Kier molecular flexibility index (Phi) is 1.63. The normalized spacial score (nSPS) is 10.0. The Morgan fingerprint density at radius 2 is 2.08 bits per heavy atom. The Hall–Kier alpha value is -1.27. The summed E-state index contributed by atoms with van der Waals surface area (Å²) in [5.74, 6) is 0. The van der Waals surface area contributed by atoms with Crippen LogP contribution in [0.3, 0.4) is 0 Å². The number of aromatic amines is 1. The molecule has 1 aromatic carbocycles. The molecule has 1 heterocycles. The molecule has 0 aliphatic heterocycles. The molecule has 1 aromatic heterocycles. The second-order valence-electron chi connectivity index (χ2n) is 2.47. The molecule has 0 saturated carbocycles. The van der Waals surface area contributed by atoms with Gasteiger partial charge >= 0.3 is 0 Å². The molecule has 0 atom stereocenters. The van der Waals surface area contributed by atoms with Crippen molar-refractivity contribution >= 4 is 26.8 Å². The van der Waals surface area contributed by atoms with Crippen molar-refractivity contribution in [2.45, 2.75) is 0 Å². The van der Waals surface area contributed by atoms with Crippen molar-refractivity contribution in [3.8, 4) is 6.07 Å². The number of benzene rings is 1. The van der Waals surface area contributed by atoms with Crippen LogP contribution in [0.25, 0.3) is 10.9 Å². The number of halogens is 1. The van der Waals surface area contributed by atoms with Crippen molar-refractivity contribution < 1.29 is 0 Å². The minimum atomic E-state index is 0.672. The van der Waals surface area contributed by atoms with Gasteiger partial charge in [0.25, 0.3) is 0 Å². The lowest BCUT2D eigenvalue weighted by Crippen LogP contribution is -1.68. The van der Waals surface area contributed by atoms with E-state index in [4.69, 9.17) is 5.26 Å². The zero-order chi connectivity index (χ0) is 8.55. The van der Waals surface area contributed by atoms with Crippen LogP contribution in [-0.4, -0.2) is 4.98 Å². The Morgan fingerprint density at radius 1 is 1.33 bits per heavy atom. The number of H-pyrrole nitrogens is 1. The standard InChI is InChI=1S/C9H5BrN2/c10-9-7(5-11)6-3-1-2-4-8(6)12-9/h1-4,12H. The van der Waals surface area contributed by atoms with Crippen LogP contribution in [0.5, 0.6) is 0 Å². The molecular formula is C9H5BrN2. The summed E-state index contributed by atoms with van der Waals surface area (Å²) in [7, 11) is 0. The van der Waals surface area contributed by atoms with Gasteiger partial charge in [0.05, 0.1) is 5.56 Å². The fraction of sp³-hybridized carbons (Fsp3) is 0. The lowest BCUT2D eigenvalue weighted by molar-refractivity contribution is 1.39. The first kappa shape index (κ1) is 7.38. The molecule has 0 aliphatic carbocycles. The highest BCUT2D eigenvalue weighted by atomic mass is 79.9. The molecule has 0 spiro atoms. The number of hydrogen-bond acceptors (Lipinski definition) is 1. The van der Waals surface area contributed by atoms with Gasteiger partial charge in [-0.2, -0.15) is 5.26 Å². The first-order chi connectivity index (χ1) is 5.83. The van der Waals surface area contributed by atoms with Gasteiger partial charge in [0.1, 0.15) is 10.7 Å². The third-order valence-corrected chi connectivity index (χ3v) is 2.37. The van der Waals surface area contributed by atoms with E-state index in [-0.39, 0.29) is 0 Å². The average Bonchev–Trinajstić information content (AvgIpc) is 2.40. The monoisotopic (exact) mass is 220 g/mol. The molecule has 0 aliphatic rings. The van der Waals surface area contributed by atoms with E-state index in [0.717, 1.165) is 15.5 Å².